The number of amides is 2. The van der Waals surface area contributed by atoms with Gasteiger partial charge in [0, 0.05) is 32.1 Å². The van der Waals surface area contributed by atoms with Gasteiger partial charge in [0.2, 0.25) is 11.8 Å². The molecule has 3 unspecified atom stereocenters. The van der Waals surface area contributed by atoms with Crippen LogP contribution in [-0.4, -0.2) is 48.4 Å². The Morgan fingerprint density at radius 2 is 1.90 bits per heavy atom. The van der Waals surface area contributed by atoms with Gasteiger partial charge in [-0.3, -0.25) is 9.59 Å². The first kappa shape index (κ1) is 16.3. The second kappa shape index (κ2) is 7.78. The van der Waals surface area contributed by atoms with Crippen LogP contribution >= 0.6 is 0 Å². The zero-order valence-electron chi connectivity index (χ0n) is 13.4. The van der Waals surface area contributed by atoms with Gasteiger partial charge in [0.1, 0.15) is 0 Å². The maximum absolute atomic E-state index is 12.2. The molecule has 0 bridgehead atoms. The number of nitrogens with one attached hydrogen (secondary N) is 2. The van der Waals surface area contributed by atoms with Crippen LogP contribution in [0.4, 0.5) is 0 Å². The van der Waals surface area contributed by atoms with Crippen molar-refractivity contribution in [3.63, 3.8) is 0 Å². The third kappa shape index (κ3) is 4.19. The van der Waals surface area contributed by atoms with Crippen molar-refractivity contribution >= 4 is 11.8 Å². The van der Waals surface area contributed by atoms with E-state index in [2.05, 4.69) is 10.6 Å². The van der Waals surface area contributed by atoms with E-state index in [1.165, 1.54) is 25.7 Å². The van der Waals surface area contributed by atoms with Gasteiger partial charge in [-0.15, -0.1) is 0 Å². The van der Waals surface area contributed by atoms with Gasteiger partial charge in [-0.1, -0.05) is 12.8 Å². The third-order valence-corrected chi connectivity index (χ3v) is 4.93. The van der Waals surface area contributed by atoms with E-state index >= 15 is 0 Å². The average Bonchev–Trinajstić information content (AvgIpc) is 2.92. The fraction of sp³-hybridized carbons (Fsp3) is 0.875. The van der Waals surface area contributed by atoms with E-state index in [1.54, 1.807) is 4.90 Å². The number of rotatable bonds is 6. The highest BCUT2D eigenvalue weighted by Crippen LogP contribution is 2.33. The molecule has 3 atom stereocenters. The molecule has 0 aromatic heterocycles. The minimum absolute atomic E-state index is 0.0540. The molecule has 2 fully saturated rings. The Bertz CT molecular complexity index is 355. The molecular weight excluding hydrogens is 266 g/mol. The minimum atomic E-state index is -0.0540. The number of carbonyl (C=O) groups excluding carboxylic acids is 2. The van der Waals surface area contributed by atoms with E-state index < -0.39 is 0 Å². The molecule has 0 spiro atoms. The smallest absolute Gasteiger partial charge is 0.237 e. The second-order valence-electron chi connectivity index (χ2n) is 6.21. The lowest BCUT2D eigenvalue weighted by molar-refractivity contribution is -0.130. The fourth-order valence-electron chi connectivity index (χ4n) is 3.67. The van der Waals surface area contributed by atoms with Crippen molar-refractivity contribution in [2.24, 2.45) is 5.92 Å². The lowest BCUT2D eigenvalue weighted by atomic mass is 9.85. The normalized spacial score (nSPS) is 28.0. The highest BCUT2D eigenvalue weighted by atomic mass is 16.2. The van der Waals surface area contributed by atoms with Crippen LogP contribution in [0.25, 0.3) is 0 Å². The summed E-state index contributed by atoms with van der Waals surface area (Å²) in [6.07, 6.45) is 6.39. The standard InChI is InChI=1S/C16H29N3O2/c1-3-19(4-2)15(20)9-10-17-16(21)14-11-12-7-5-6-8-13(12)18-14/h12-14,18H,3-11H2,1-2H3,(H,17,21). The molecule has 5 heteroatoms. The molecule has 1 heterocycles. The van der Waals surface area contributed by atoms with Gasteiger partial charge >= 0.3 is 0 Å². The van der Waals surface area contributed by atoms with Gasteiger partial charge in [0.25, 0.3) is 0 Å². The van der Waals surface area contributed by atoms with Gasteiger partial charge in [-0.2, -0.15) is 0 Å². The molecule has 5 nitrogen and oxygen atoms in total. The maximum atomic E-state index is 12.2. The van der Waals surface area contributed by atoms with E-state index in [-0.39, 0.29) is 17.9 Å². The molecule has 120 valence electrons. The predicted molar refractivity (Wildman–Crippen MR) is 82.8 cm³/mol. The Labute approximate surface area is 127 Å². The molecular formula is C16H29N3O2. The summed E-state index contributed by atoms with van der Waals surface area (Å²) in [5, 5.41) is 6.39. The van der Waals surface area contributed by atoms with E-state index in [9.17, 15) is 9.59 Å². The summed E-state index contributed by atoms with van der Waals surface area (Å²) >= 11 is 0. The predicted octanol–water partition coefficient (Wildman–Crippen LogP) is 1.28. The Kier molecular flexibility index (Phi) is 6.03. The van der Waals surface area contributed by atoms with Crippen LogP contribution in [0.2, 0.25) is 0 Å². The second-order valence-corrected chi connectivity index (χ2v) is 6.21. The molecule has 1 aliphatic carbocycles. The Balaban J connectivity index is 1.69. The van der Waals surface area contributed by atoms with Crippen molar-refractivity contribution in [2.45, 2.75) is 64.5 Å². The SMILES string of the molecule is CCN(CC)C(=O)CCNC(=O)C1CC2CCCCC2N1. The first-order valence-electron chi connectivity index (χ1n) is 8.47. The number of fused-ring (bicyclic) bond motifs is 1. The van der Waals surface area contributed by atoms with Gasteiger partial charge in [0.15, 0.2) is 0 Å². The molecule has 1 saturated heterocycles. The van der Waals surface area contributed by atoms with Crippen LogP contribution in [0.3, 0.4) is 0 Å². The van der Waals surface area contributed by atoms with Crippen molar-refractivity contribution in [3.8, 4) is 0 Å². The molecule has 0 aromatic rings. The van der Waals surface area contributed by atoms with Gasteiger partial charge in [-0.05, 0) is 39.0 Å². The van der Waals surface area contributed by atoms with E-state index in [0.717, 1.165) is 19.5 Å². The Morgan fingerprint density at radius 3 is 2.57 bits per heavy atom. The number of nitrogens with zero attached hydrogens (tertiary/aromatic N) is 1. The number of carbonyl (C=O) groups is 2. The van der Waals surface area contributed by atoms with Crippen molar-refractivity contribution in [2.75, 3.05) is 19.6 Å². The molecule has 2 N–H and O–H groups in total. The van der Waals surface area contributed by atoms with Crippen LogP contribution in [0, 0.1) is 5.92 Å². The van der Waals surface area contributed by atoms with E-state index in [0.29, 0.717) is 24.9 Å². The summed E-state index contributed by atoms with van der Waals surface area (Å²) < 4.78 is 0. The van der Waals surface area contributed by atoms with Crippen molar-refractivity contribution in [1.82, 2.24) is 15.5 Å². The largest absolute Gasteiger partial charge is 0.354 e. The summed E-state index contributed by atoms with van der Waals surface area (Å²) in [5.41, 5.74) is 0. The number of hydrogen-bond donors (Lipinski definition) is 2. The van der Waals surface area contributed by atoms with Crippen LogP contribution in [0.1, 0.15) is 52.4 Å². The molecule has 0 aromatic carbocycles. The summed E-state index contributed by atoms with van der Waals surface area (Å²) in [5.74, 6) is 0.858. The summed E-state index contributed by atoms with van der Waals surface area (Å²) in [7, 11) is 0. The van der Waals surface area contributed by atoms with Crippen molar-refractivity contribution in [3.05, 3.63) is 0 Å². The number of hydrogen-bond acceptors (Lipinski definition) is 3. The van der Waals surface area contributed by atoms with Crippen molar-refractivity contribution in [1.29, 1.82) is 0 Å². The van der Waals surface area contributed by atoms with E-state index in [4.69, 9.17) is 0 Å². The lowest BCUT2D eigenvalue weighted by Crippen LogP contribution is -2.44. The van der Waals surface area contributed by atoms with Gasteiger partial charge in [-0.25, -0.2) is 0 Å². The third-order valence-electron chi connectivity index (χ3n) is 4.93. The van der Waals surface area contributed by atoms with E-state index in [1.807, 2.05) is 13.8 Å². The molecule has 2 amide bonds. The highest BCUT2D eigenvalue weighted by Gasteiger charge is 2.37. The van der Waals surface area contributed by atoms with Crippen LogP contribution in [-0.2, 0) is 9.59 Å². The van der Waals surface area contributed by atoms with Gasteiger partial charge < -0.3 is 15.5 Å². The quantitative estimate of drug-likeness (QED) is 0.776. The van der Waals surface area contributed by atoms with Gasteiger partial charge in [0.05, 0.1) is 6.04 Å². The molecule has 21 heavy (non-hydrogen) atoms. The zero-order valence-corrected chi connectivity index (χ0v) is 13.4. The maximum Gasteiger partial charge on any atom is 0.237 e. The monoisotopic (exact) mass is 295 g/mol. The van der Waals surface area contributed by atoms with Crippen LogP contribution in [0.5, 0.6) is 0 Å². The minimum Gasteiger partial charge on any atom is -0.354 e. The first-order chi connectivity index (χ1) is 10.2. The molecule has 1 saturated carbocycles. The lowest BCUT2D eigenvalue weighted by Gasteiger charge is -2.24. The summed E-state index contributed by atoms with van der Waals surface area (Å²) in [6.45, 7) is 5.86. The first-order valence-corrected chi connectivity index (χ1v) is 8.47. The Morgan fingerprint density at radius 1 is 1.19 bits per heavy atom. The molecule has 0 radical (unpaired) electrons. The topological polar surface area (TPSA) is 61.4 Å². The average molecular weight is 295 g/mol. The fourth-order valence-corrected chi connectivity index (χ4v) is 3.67. The van der Waals surface area contributed by atoms with Crippen molar-refractivity contribution < 1.29 is 9.59 Å². The molecule has 1 aliphatic heterocycles. The zero-order chi connectivity index (χ0) is 15.2. The summed E-state index contributed by atoms with van der Waals surface area (Å²) in [6, 6.07) is 0.480. The molecule has 2 rings (SSSR count). The van der Waals surface area contributed by atoms with Crippen LogP contribution < -0.4 is 10.6 Å². The highest BCUT2D eigenvalue weighted by molar-refractivity contribution is 5.83. The molecule has 2 aliphatic rings. The Hall–Kier alpha value is -1.10. The van der Waals surface area contributed by atoms with Crippen LogP contribution in [0.15, 0.2) is 0 Å². The summed E-state index contributed by atoms with van der Waals surface area (Å²) in [4.78, 5) is 25.9.